The lowest BCUT2D eigenvalue weighted by Crippen LogP contribution is -2.30. The van der Waals surface area contributed by atoms with Crippen molar-refractivity contribution in [2.24, 2.45) is 0 Å². The van der Waals surface area contributed by atoms with Crippen LogP contribution in [0.5, 0.6) is 0 Å². The number of ether oxygens (including phenoxy) is 4. The Morgan fingerprint density at radius 2 is 0.529 bits per heavy atom. The zero-order chi connectivity index (χ0) is 74.6. The highest BCUT2D eigenvalue weighted by Gasteiger charge is 2.30. The van der Waals surface area contributed by atoms with E-state index in [0.29, 0.717) is 32.1 Å². The molecule has 0 aliphatic rings. The van der Waals surface area contributed by atoms with Gasteiger partial charge in [-0.15, -0.1) is 0 Å². The first-order valence-corrected chi connectivity index (χ1v) is 42.4. The van der Waals surface area contributed by atoms with E-state index in [1.807, 2.05) is 12.2 Å². The first kappa shape index (κ1) is 97.2. The van der Waals surface area contributed by atoms with Gasteiger partial charge in [0.2, 0.25) is 0 Å². The average molecular weight is 1470 g/mol. The van der Waals surface area contributed by atoms with Gasteiger partial charge in [-0.05, 0) is 148 Å². The van der Waals surface area contributed by atoms with Gasteiger partial charge in [0.1, 0.15) is 19.3 Å². The molecular weight excluding hydrogens is 1330 g/mol. The largest absolute Gasteiger partial charge is 0.472 e. The lowest BCUT2D eigenvalue weighted by molar-refractivity contribution is -0.161. The minimum Gasteiger partial charge on any atom is -0.462 e. The third-order valence-corrected chi connectivity index (χ3v) is 18.0. The number of rotatable bonds is 73. The van der Waals surface area contributed by atoms with Crippen LogP contribution in [0.1, 0.15) is 310 Å². The smallest absolute Gasteiger partial charge is 0.462 e. The van der Waals surface area contributed by atoms with Crippen molar-refractivity contribution in [2.45, 2.75) is 329 Å². The van der Waals surface area contributed by atoms with Crippen LogP contribution in [0, 0.1) is 0 Å². The molecule has 17 nitrogen and oxygen atoms in total. The highest BCUT2D eigenvalue weighted by Crippen LogP contribution is 2.45. The Bertz CT molecular complexity index is 2460. The highest BCUT2D eigenvalue weighted by molar-refractivity contribution is 7.47. The van der Waals surface area contributed by atoms with E-state index >= 15 is 0 Å². The molecule has 0 rings (SSSR count). The average Bonchev–Trinajstić information content (AvgIpc) is 0.927. The van der Waals surface area contributed by atoms with Gasteiger partial charge in [-0.1, -0.05) is 271 Å². The second-order valence-electron chi connectivity index (χ2n) is 25.9. The van der Waals surface area contributed by atoms with Crippen LogP contribution in [0.2, 0.25) is 0 Å². The van der Waals surface area contributed by atoms with E-state index in [0.717, 1.165) is 173 Å². The molecule has 0 aromatic rings. The quantitative estimate of drug-likeness (QED) is 0.0169. The summed E-state index contributed by atoms with van der Waals surface area (Å²) in [6, 6.07) is 0. The van der Waals surface area contributed by atoms with E-state index < -0.39 is 97.5 Å². The summed E-state index contributed by atoms with van der Waals surface area (Å²) in [5.74, 6) is -2.28. The third kappa shape index (κ3) is 73.5. The molecule has 19 heteroatoms. The van der Waals surface area contributed by atoms with Crippen LogP contribution in [0.15, 0.2) is 134 Å². The molecule has 0 aromatic carbocycles. The molecule has 0 radical (unpaired) electrons. The van der Waals surface area contributed by atoms with E-state index in [1.54, 1.807) is 0 Å². The van der Waals surface area contributed by atoms with E-state index in [-0.39, 0.29) is 25.7 Å². The Hall–Kier alpha value is -4.80. The van der Waals surface area contributed by atoms with Crippen LogP contribution >= 0.6 is 15.6 Å². The lowest BCUT2D eigenvalue weighted by Gasteiger charge is -2.21. The summed E-state index contributed by atoms with van der Waals surface area (Å²) < 4.78 is 68.5. The minimum absolute atomic E-state index is 0.00960. The summed E-state index contributed by atoms with van der Waals surface area (Å²) >= 11 is 0. The normalized spacial score (nSPS) is 14.6. The van der Waals surface area contributed by atoms with Crippen LogP contribution in [-0.2, 0) is 65.4 Å². The molecule has 0 aromatic heterocycles. The summed E-state index contributed by atoms with van der Waals surface area (Å²) in [6.07, 6.45) is 83.0. The molecule has 5 atom stereocenters. The van der Waals surface area contributed by atoms with Gasteiger partial charge in [0.15, 0.2) is 12.2 Å². The monoisotopic (exact) mass is 1470 g/mol. The topological polar surface area (TPSA) is 237 Å². The molecule has 0 bridgehead atoms. The number of allylic oxidation sites excluding steroid dienone is 22. The van der Waals surface area contributed by atoms with Crippen LogP contribution < -0.4 is 0 Å². The Kier molecular flexibility index (Phi) is 71.0. The van der Waals surface area contributed by atoms with Crippen molar-refractivity contribution in [3.8, 4) is 0 Å². The molecule has 0 saturated heterocycles. The second-order valence-corrected chi connectivity index (χ2v) is 28.8. The highest BCUT2D eigenvalue weighted by atomic mass is 31.2. The van der Waals surface area contributed by atoms with Gasteiger partial charge in [0, 0.05) is 25.7 Å². The fourth-order valence-electron chi connectivity index (χ4n) is 10.1. The predicted molar refractivity (Wildman–Crippen MR) is 418 cm³/mol. The molecule has 0 fully saturated rings. The summed E-state index contributed by atoms with van der Waals surface area (Å²) in [5.41, 5.74) is 0. The molecule has 0 amide bonds. The molecule has 3 N–H and O–H groups in total. The molecule has 0 heterocycles. The van der Waals surface area contributed by atoms with Crippen LogP contribution in [-0.4, -0.2) is 96.7 Å². The van der Waals surface area contributed by atoms with Crippen LogP contribution in [0.25, 0.3) is 0 Å². The number of hydrogen-bond acceptors (Lipinski definition) is 15. The van der Waals surface area contributed by atoms with Crippen molar-refractivity contribution in [2.75, 3.05) is 39.6 Å². The Labute approximate surface area is 618 Å². The maximum absolute atomic E-state index is 13.1. The van der Waals surface area contributed by atoms with Gasteiger partial charge in [-0.3, -0.25) is 37.3 Å². The molecule has 5 unspecified atom stereocenters. The van der Waals surface area contributed by atoms with Crippen LogP contribution in [0.3, 0.4) is 0 Å². The van der Waals surface area contributed by atoms with Crippen molar-refractivity contribution in [1.29, 1.82) is 0 Å². The molecule has 0 spiro atoms. The number of unbranched alkanes of at least 4 members (excludes halogenated alkanes) is 25. The van der Waals surface area contributed by atoms with E-state index in [2.05, 4.69) is 149 Å². The van der Waals surface area contributed by atoms with Crippen molar-refractivity contribution in [3.63, 3.8) is 0 Å². The maximum Gasteiger partial charge on any atom is 0.472 e. The van der Waals surface area contributed by atoms with Gasteiger partial charge in [-0.2, -0.15) is 0 Å². The number of carbonyl (C=O) groups excluding carboxylic acids is 4. The summed E-state index contributed by atoms with van der Waals surface area (Å²) in [6.45, 7) is 4.51. The number of hydrogen-bond donors (Lipinski definition) is 3. The first-order valence-electron chi connectivity index (χ1n) is 39.4. The van der Waals surface area contributed by atoms with E-state index in [1.165, 1.54) is 51.4 Å². The van der Waals surface area contributed by atoms with Gasteiger partial charge >= 0.3 is 39.5 Å². The SMILES string of the molecule is CC/C=C\C/C=C\C/C=C\C/C=C\C/C=C\CCCC(=O)OC(COC(=O)CCCCCCCC/C=C\C/C=C\C/C=C\C/C=C\CC)COP(=O)(O)OCC(O)COP(=O)(O)OCC(COC(=O)CCCCCCC/C=C\CCCCCCCC)OC(=O)CCCCCCC/C=C\CCCC. The predicted octanol–water partition coefficient (Wildman–Crippen LogP) is 22.9. The summed E-state index contributed by atoms with van der Waals surface area (Å²) in [7, 11) is -9.98. The molecule has 102 heavy (non-hydrogen) atoms. The zero-order valence-electron chi connectivity index (χ0n) is 63.7. The number of aliphatic hydroxyl groups is 1. The van der Waals surface area contributed by atoms with Crippen molar-refractivity contribution in [3.05, 3.63) is 134 Å². The molecule has 0 aliphatic carbocycles. The summed E-state index contributed by atoms with van der Waals surface area (Å²) in [5, 5.41) is 10.6. The van der Waals surface area contributed by atoms with Crippen LogP contribution in [0.4, 0.5) is 0 Å². The van der Waals surface area contributed by atoms with Crippen molar-refractivity contribution >= 4 is 39.5 Å². The molecule has 0 saturated carbocycles. The maximum atomic E-state index is 13.1. The van der Waals surface area contributed by atoms with Crippen molar-refractivity contribution < 1.29 is 80.2 Å². The lowest BCUT2D eigenvalue weighted by atomic mass is 10.1. The molecular formula is C83H140O17P2. The third-order valence-electron chi connectivity index (χ3n) is 16.1. The first-order chi connectivity index (χ1) is 49.7. The Balaban J connectivity index is 5.41. The fraction of sp³-hybridized carbons (Fsp3) is 0.687. The van der Waals surface area contributed by atoms with Crippen molar-refractivity contribution in [1.82, 2.24) is 0 Å². The Morgan fingerprint density at radius 1 is 0.284 bits per heavy atom. The fourth-order valence-corrected chi connectivity index (χ4v) is 11.7. The van der Waals surface area contributed by atoms with Gasteiger partial charge in [-0.25, -0.2) is 9.13 Å². The van der Waals surface area contributed by atoms with E-state index in [9.17, 15) is 43.2 Å². The second kappa shape index (κ2) is 74.5. The van der Waals surface area contributed by atoms with Gasteiger partial charge < -0.3 is 33.8 Å². The number of aliphatic hydroxyl groups excluding tert-OH is 1. The summed E-state index contributed by atoms with van der Waals surface area (Å²) in [4.78, 5) is 72.9. The number of phosphoric acid groups is 2. The number of phosphoric ester groups is 2. The standard InChI is InChI=1S/C83H140O17P2/c1-5-9-13-17-21-25-29-32-35-37-38-40-42-45-49-52-56-60-64-68-81(86)94-74-79(100-83(88)70-66-62-58-54-50-46-43-39-36-33-30-26-22-18-14-10-6-2)76-98-102(91,92)96-72-77(84)71-95-101(89,90)97-75-78(99-82(87)69-65-61-57-53-47-28-24-20-16-12-8-4)73-93-80(85)67-63-59-55-51-48-44-41-34-31-27-23-19-15-11-7-3/h9-10,13-14,20-22,24-26,32-36,38,40-41,43,46,54,58,77-79,84H,5-8,11-12,15-19,23,27-31,37,39,42,44-45,47-53,55-57,59-76H2,1-4H3,(H,89,90)(H,91,92)/b13-9-,14-10-,24-20-,25-21-,26-22-,35-32-,36-33-,40-38-,41-34-,46-43-,58-54-. The van der Waals surface area contributed by atoms with Gasteiger partial charge in [0.25, 0.3) is 0 Å². The number of carbonyl (C=O) groups is 4. The zero-order valence-corrected chi connectivity index (χ0v) is 65.5. The molecule has 584 valence electrons. The van der Waals surface area contributed by atoms with Gasteiger partial charge in [0.05, 0.1) is 26.4 Å². The Morgan fingerprint density at radius 3 is 0.863 bits per heavy atom. The van der Waals surface area contributed by atoms with E-state index in [4.69, 9.17) is 37.0 Å². The molecule has 0 aliphatic heterocycles. The minimum atomic E-state index is -5.00. The number of esters is 4.